The SMILES string of the molecule is Cc1nc2c(c(N3C[C@@H](C(F)(F)F)[C@H](C(=O)O)C3)n1)CCCC2. The standard InChI is InChI=1S/C15H18F3N3O2/c1-8-19-12-5-3-2-4-9(12)13(20-8)21-6-10(14(22)23)11(7-21)15(16,17)18/h10-11H,2-7H2,1H3,(H,22,23)/t10-,11-/m1/s1. The van der Waals surface area contributed by atoms with Crippen LogP contribution in [-0.4, -0.2) is 40.3 Å². The number of aryl methyl sites for hydroxylation is 2. The predicted molar refractivity (Wildman–Crippen MR) is 76.3 cm³/mol. The molecule has 1 aliphatic heterocycles. The van der Waals surface area contributed by atoms with E-state index in [1.807, 2.05) is 0 Å². The van der Waals surface area contributed by atoms with Gasteiger partial charge in [-0.15, -0.1) is 0 Å². The molecule has 1 N–H and O–H groups in total. The van der Waals surface area contributed by atoms with Crippen molar-refractivity contribution in [1.82, 2.24) is 9.97 Å². The van der Waals surface area contributed by atoms with Crippen LogP contribution in [0.3, 0.4) is 0 Å². The van der Waals surface area contributed by atoms with Crippen molar-refractivity contribution < 1.29 is 23.1 Å². The van der Waals surface area contributed by atoms with E-state index in [0.29, 0.717) is 11.6 Å². The summed E-state index contributed by atoms with van der Waals surface area (Å²) in [6.45, 7) is 1.19. The minimum atomic E-state index is -4.53. The van der Waals surface area contributed by atoms with E-state index in [-0.39, 0.29) is 13.1 Å². The van der Waals surface area contributed by atoms with E-state index in [0.717, 1.165) is 36.9 Å². The van der Waals surface area contributed by atoms with Crippen LogP contribution >= 0.6 is 0 Å². The number of halogens is 3. The minimum absolute atomic E-state index is 0.164. The number of hydrogen-bond acceptors (Lipinski definition) is 4. The predicted octanol–water partition coefficient (Wildman–Crippen LogP) is 2.36. The van der Waals surface area contributed by atoms with E-state index < -0.39 is 24.0 Å². The lowest BCUT2D eigenvalue weighted by Crippen LogP contribution is -2.33. The molecule has 5 nitrogen and oxygen atoms in total. The van der Waals surface area contributed by atoms with Crippen LogP contribution in [0.25, 0.3) is 0 Å². The lowest BCUT2D eigenvalue weighted by Gasteiger charge is -2.25. The largest absolute Gasteiger partial charge is 0.481 e. The molecular weight excluding hydrogens is 311 g/mol. The van der Waals surface area contributed by atoms with E-state index in [1.165, 1.54) is 4.90 Å². The van der Waals surface area contributed by atoms with E-state index in [9.17, 15) is 18.0 Å². The van der Waals surface area contributed by atoms with Crippen molar-refractivity contribution in [2.75, 3.05) is 18.0 Å². The van der Waals surface area contributed by atoms with Crippen molar-refractivity contribution in [3.63, 3.8) is 0 Å². The number of carbonyl (C=O) groups is 1. The highest BCUT2D eigenvalue weighted by molar-refractivity contribution is 5.73. The summed E-state index contributed by atoms with van der Waals surface area (Å²) in [6, 6.07) is 0. The summed E-state index contributed by atoms with van der Waals surface area (Å²) >= 11 is 0. The number of carboxylic acids is 1. The Balaban J connectivity index is 1.97. The van der Waals surface area contributed by atoms with Gasteiger partial charge in [0, 0.05) is 24.3 Å². The molecule has 0 spiro atoms. The number of carboxylic acid groups (broad SMARTS) is 1. The van der Waals surface area contributed by atoms with Crippen LogP contribution < -0.4 is 4.90 Å². The third-order valence-corrected chi connectivity index (χ3v) is 4.63. The van der Waals surface area contributed by atoms with Gasteiger partial charge in [0.25, 0.3) is 0 Å². The van der Waals surface area contributed by atoms with Gasteiger partial charge in [-0.25, -0.2) is 9.97 Å². The Kier molecular flexibility index (Phi) is 3.93. The second kappa shape index (κ2) is 5.65. The zero-order valence-corrected chi connectivity index (χ0v) is 12.7. The molecule has 2 atom stereocenters. The summed E-state index contributed by atoms with van der Waals surface area (Å²) in [7, 11) is 0. The Bertz CT molecular complexity index is 633. The maximum Gasteiger partial charge on any atom is 0.394 e. The van der Waals surface area contributed by atoms with Gasteiger partial charge in [0.05, 0.1) is 11.8 Å². The fourth-order valence-corrected chi connectivity index (χ4v) is 3.51. The van der Waals surface area contributed by atoms with Gasteiger partial charge in [0.15, 0.2) is 0 Å². The van der Waals surface area contributed by atoms with Crippen molar-refractivity contribution in [3.05, 3.63) is 17.1 Å². The van der Waals surface area contributed by atoms with Crippen LogP contribution in [0.15, 0.2) is 0 Å². The molecular formula is C15H18F3N3O2. The van der Waals surface area contributed by atoms with E-state index in [4.69, 9.17) is 5.11 Å². The first kappa shape index (κ1) is 16.0. The van der Waals surface area contributed by atoms with Crippen LogP contribution in [0.4, 0.5) is 19.0 Å². The first-order valence-corrected chi connectivity index (χ1v) is 7.68. The topological polar surface area (TPSA) is 66.3 Å². The molecule has 0 aromatic carbocycles. The van der Waals surface area contributed by atoms with E-state index in [1.54, 1.807) is 6.92 Å². The summed E-state index contributed by atoms with van der Waals surface area (Å²) < 4.78 is 39.5. The summed E-state index contributed by atoms with van der Waals surface area (Å²) in [4.78, 5) is 21.4. The Morgan fingerprint density at radius 1 is 1.22 bits per heavy atom. The van der Waals surface area contributed by atoms with Crippen molar-refractivity contribution in [2.24, 2.45) is 11.8 Å². The zero-order chi connectivity index (χ0) is 16.8. The lowest BCUT2D eigenvalue weighted by atomic mass is 9.96. The number of nitrogens with zero attached hydrogens (tertiary/aromatic N) is 3. The molecule has 0 bridgehead atoms. The number of hydrogen-bond donors (Lipinski definition) is 1. The number of anilines is 1. The molecule has 1 aromatic rings. The lowest BCUT2D eigenvalue weighted by molar-refractivity contribution is -0.187. The molecule has 0 amide bonds. The second-order valence-electron chi connectivity index (χ2n) is 6.22. The van der Waals surface area contributed by atoms with Crippen LogP contribution in [-0.2, 0) is 17.6 Å². The summed E-state index contributed by atoms with van der Waals surface area (Å²) in [5.41, 5.74) is 1.77. The summed E-state index contributed by atoms with van der Waals surface area (Å²) in [6.07, 6.45) is -1.04. The molecule has 8 heteroatoms. The average molecular weight is 329 g/mol. The first-order valence-electron chi connectivity index (χ1n) is 7.68. The van der Waals surface area contributed by atoms with E-state index in [2.05, 4.69) is 9.97 Å². The number of fused-ring (bicyclic) bond motifs is 1. The number of alkyl halides is 3. The Labute approximate surface area is 131 Å². The van der Waals surface area contributed by atoms with Gasteiger partial charge in [-0.2, -0.15) is 13.2 Å². The second-order valence-corrected chi connectivity index (χ2v) is 6.22. The van der Waals surface area contributed by atoms with E-state index >= 15 is 0 Å². The molecule has 126 valence electrons. The normalized spacial score (nSPS) is 24.6. The molecule has 1 aromatic heterocycles. The summed E-state index contributed by atoms with van der Waals surface area (Å²) in [5, 5.41) is 9.15. The highest BCUT2D eigenvalue weighted by atomic mass is 19.4. The smallest absolute Gasteiger partial charge is 0.394 e. The van der Waals surface area contributed by atoms with Crippen LogP contribution in [0.1, 0.15) is 29.9 Å². The molecule has 2 heterocycles. The molecule has 3 rings (SSSR count). The Hall–Kier alpha value is -1.86. The van der Waals surface area contributed by atoms with Gasteiger partial charge in [0.2, 0.25) is 0 Å². The molecule has 23 heavy (non-hydrogen) atoms. The quantitative estimate of drug-likeness (QED) is 0.902. The highest BCUT2D eigenvalue weighted by Gasteiger charge is 2.53. The molecule has 1 saturated heterocycles. The third-order valence-electron chi connectivity index (χ3n) is 4.63. The van der Waals surface area contributed by atoms with Crippen molar-refractivity contribution >= 4 is 11.8 Å². The van der Waals surface area contributed by atoms with Gasteiger partial charge in [-0.3, -0.25) is 4.79 Å². The summed E-state index contributed by atoms with van der Waals surface area (Å²) in [5.74, 6) is -3.72. The maximum atomic E-state index is 13.2. The molecule has 0 radical (unpaired) electrons. The van der Waals surface area contributed by atoms with Gasteiger partial charge in [0.1, 0.15) is 11.6 Å². The Morgan fingerprint density at radius 2 is 1.91 bits per heavy atom. The van der Waals surface area contributed by atoms with Crippen LogP contribution in [0, 0.1) is 18.8 Å². The van der Waals surface area contributed by atoms with Gasteiger partial charge < -0.3 is 10.0 Å². The minimum Gasteiger partial charge on any atom is -0.481 e. The van der Waals surface area contributed by atoms with Gasteiger partial charge in [-0.1, -0.05) is 0 Å². The van der Waals surface area contributed by atoms with Crippen molar-refractivity contribution in [2.45, 2.75) is 38.8 Å². The van der Waals surface area contributed by atoms with Gasteiger partial charge >= 0.3 is 12.1 Å². The molecule has 2 aliphatic rings. The zero-order valence-electron chi connectivity index (χ0n) is 12.7. The van der Waals surface area contributed by atoms with Crippen molar-refractivity contribution in [1.29, 1.82) is 0 Å². The maximum absolute atomic E-state index is 13.2. The van der Waals surface area contributed by atoms with Crippen LogP contribution in [0.5, 0.6) is 0 Å². The fraction of sp³-hybridized carbons (Fsp3) is 0.667. The van der Waals surface area contributed by atoms with Crippen molar-refractivity contribution in [3.8, 4) is 0 Å². The monoisotopic (exact) mass is 329 g/mol. The molecule has 1 fully saturated rings. The first-order chi connectivity index (χ1) is 10.8. The molecule has 1 aliphatic carbocycles. The fourth-order valence-electron chi connectivity index (χ4n) is 3.51. The Morgan fingerprint density at radius 3 is 2.52 bits per heavy atom. The molecule has 0 saturated carbocycles. The highest BCUT2D eigenvalue weighted by Crippen LogP contribution is 2.40. The van der Waals surface area contributed by atoms with Crippen LogP contribution in [0.2, 0.25) is 0 Å². The average Bonchev–Trinajstić information content (AvgIpc) is 2.91. The number of aliphatic carboxylic acids is 1. The molecule has 0 unspecified atom stereocenters. The number of rotatable bonds is 2. The van der Waals surface area contributed by atoms with Gasteiger partial charge in [-0.05, 0) is 32.6 Å². The third kappa shape index (κ3) is 2.98. The number of aromatic nitrogens is 2.